The molecule has 0 fully saturated rings. The first-order valence-electron chi connectivity index (χ1n) is 6.62. The van der Waals surface area contributed by atoms with Crippen LogP contribution in [-0.4, -0.2) is 23.1 Å². The summed E-state index contributed by atoms with van der Waals surface area (Å²) in [6.07, 6.45) is 4.09. The Labute approximate surface area is 117 Å². The Bertz CT molecular complexity index is 661. The zero-order chi connectivity index (χ0) is 13.9. The fraction of sp³-hybridized carbons (Fsp3) is 0.267. The number of rotatable bonds is 3. The first-order valence-corrected chi connectivity index (χ1v) is 6.62. The summed E-state index contributed by atoms with van der Waals surface area (Å²) in [6.45, 7) is 1.45. The molecule has 1 unspecified atom stereocenters. The van der Waals surface area contributed by atoms with Crippen molar-refractivity contribution >= 4 is 11.5 Å². The monoisotopic (exact) mass is 265 g/mol. The van der Waals surface area contributed by atoms with E-state index >= 15 is 0 Å². The average molecular weight is 265 g/mol. The molecule has 1 aliphatic rings. The molecule has 0 spiro atoms. The number of nitriles is 1. The van der Waals surface area contributed by atoms with Gasteiger partial charge in [-0.15, -0.1) is 0 Å². The first-order chi connectivity index (χ1) is 9.85. The highest BCUT2D eigenvalue weighted by molar-refractivity contribution is 5.71. The highest BCUT2D eigenvalue weighted by Gasteiger charge is 2.30. The van der Waals surface area contributed by atoms with Crippen molar-refractivity contribution in [1.29, 1.82) is 5.26 Å². The summed E-state index contributed by atoms with van der Waals surface area (Å²) in [5.41, 5.74) is 8.43. The molecular formula is C15H15N5. The second-order valence-corrected chi connectivity index (χ2v) is 4.78. The van der Waals surface area contributed by atoms with Gasteiger partial charge in [0.1, 0.15) is 6.07 Å². The molecule has 0 saturated carbocycles. The maximum Gasteiger partial charge on any atom is 0.183 e. The molecule has 1 atom stereocenters. The van der Waals surface area contributed by atoms with Gasteiger partial charge in [-0.2, -0.15) is 5.26 Å². The van der Waals surface area contributed by atoms with Crippen LogP contribution >= 0.6 is 0 Å². The molecule has 1 aromatic carbocycles. The van der Waals surface area contributed by atoms with Gasteiger partial charge in [-0.3, -0.25) is 0 Å². The number of para-hydroxylation sites is 1. The second kappa shape index (κ2) is 5.27. The van der Waals surface area contributed by atoms with E-state index in [9.17, 15) is 5.26 Å². The molecule has 2 heterocycles. The molecule has 20 heavy (non-hydrogen) atoms. The first kappa shape index (κ1) is 12.6. The molecule has 2 N–H and O–H groups in total. The summed E-state index contributed by atoms with van der Waals surface area (Å²) in [4.78, 5) is 10.5. The van der Waals surface area contributed by atoms with E-state index in [4.69, 9.17) is 5.73 Å². The maximum atomic E-state index is 9.20. The lowest BCUT2D eigenvalue weighted by Gasteiger charge is -2.19. The fourth-order valence-electron chi connectivity index (χ4n) is 2.75. The standard InChI is InChI=1S/C15H15N5/c16-6-5-11-10-20(14-4-2-1-3-12(11)14)15-13(9-17)18-7-8-19-15/h1-4,7-8,11H,5-6,10,16H2. The average Bonchev–Trinajstić information content (AvgIpc) is 2.87. The predicted molar refractivity (Wildman–Crippen MR) is 76.6 cm³/mol. The van der Waals surface area contributed by atoms with E-state index in [0.29, 0.717) is 24.0 Å². The number of nitrogens with two attached hydrogens (primary N) is 1. The molecule has 1 aromatic heterocycles. The lowest BCUT2D eigenvalue weighted by molar-refractivity contribution is 0.666. The van der Waals surface area contributed by atoms with Crippen LogP contribution in [0.1, 0.15) is 23.6 Å². The van der Waals surface area contributed by atoms with Crippen LogP contribution < -0.4 is 10.6 Å². The zero-order valence-electron chi connectivity index (χ0n) is 11.0. The maximum absolute atomic E-state index is 9.20. The predicted octanol–water partition coefficient (Wildman–Crippen LogP) is 1.93. The van der Waals surface area contributed by atoms with E-state index in [1.54, 1.807) is 12.4 Å². The summed E-state index contributed by atoms with van der Waals surface area (Å²) in [6, 6.07) is 10.3. The van der Waals surface area contributed by atoms with Crippen molar-refractivity contribution in [3.8, 4) is 6.07 Å². The minimum Gasteiger partial charge on any atom is -0.330 e. The van der Waals surface area contributed by atoms with Crippen LogP contribution in [0.5, 0.6) is 0 Å². The van der Waals surface area contributed by atoms with Gasteiger partial charge in [0.15, 0.2) is 11.5 Å². The number of anilines is 2. The number of hydrogen-bond donors (Lipinski definition) is 1. The Hall–Kier alpha value is -2.45. The van der Waals surface area contributed by atoms with Gasteiger partial charge >= 0.3 is 0 Å². The number of fused-ring (bicyclic) bond motifs is 1. The fourth-order valence-corrected chi connectivity index (χ4v) is 2.75. The van der Waals surface area contributed by atoms with Gasteiger partial charge in [0.25, 0.3) is 0 Å². The molecule has 3 rings (SSSR count). The van der Waals surface area contributed by atoms with Crippen molar-refractivity contribution in [2.75, 3.05) is 18.0 Å². The van der Waals surface area contributed by atoms with Gasteiger partial charge in [0.2, 0.25) is 0 Å². The third kappa shape index (κ3) is 2.00. The molecule has 0 saturated heterocycles. The van der Waals surface area contributed by atoms with Crippen LogP contribution in [-0.2, 0) is 0 Å². The van der Waals surface area contributed by atoms with E-state index in [1.807, 2.05) is 12.1 Å². The Morgan fingerprint density at radius 3 is 2.90 bits per heavy atom. The topological polar surface area (TPSA) is 78.8 Å². The van der Waals surface area contributed by atoms with E-state index in [2.05, 4.69) is 33.1 Å². The van der Waals surface area contributed by atoms with Crippen LogP contribution in [0.15, 0.2) is 36.7 Å². The molecule has 0 radical (unpaired) electrons. The number of aromatic nitrogens is 2. The Morgan fingerprint density at radius 1 is 1.30 bits per heavy atom. The van der Waals surface area contributed by atoms with Gasteiger partial charge in [-0.05, 0) is 24.6 Å². The van der Waals surface area contributed by atoms with E-state index in [-0.39, 0.29) is 0 Å². The largest absolute Gasteiger partial charge is 0.330 e. The quantitative estimate of drug-likeness (QED) is 0.917. The Morgan fingerprint density at radius 2 is 2.10 bits per heavy atom. The number of benzene rings is 1. The third-order valence-electron chi connectivity index (χ3n) is 3.63. The van der Waals surface area contributed by atoms with E-state index in [1.165, 1.54) is 5.56 Å². The van der Waals surface area contributed by atoms with Crippen molar-refractivity contribution in [2.45, 2.75) is 12.3 Å². The van der Waals surface area contributed by atoms with Crippen molar-refractivity contribution in [2.24, 2.45) is 5.73 Å². The molecule has 1 aliphatic heterocycles. The smallest absolute Gasteiger partial charge is 0.183 e. The van der Waals surface area contributed by atoms with Crippen LogP contribution in [0.4, 0.5) is 11.5 Å². The lowest BCUT2D eigenvalue weighted by atomic mass is 9.98. The van der Waals surface area contributed by atoms with Crippen LogP contribution in [0.2, 0.25) is 0 Å². The van der Waals surface area contributed by atoms with Gasteiger partial charge in [-0.1, -0.05) is 18.2 Å². The van der Waals surface area contributed by atoms with Crippen LogP contribution in [0, 0.1) is 11.3 Å². The normalized spacial score (nSPS) is 16.8. The van der Waals surface area contributed by atoms with Crippen LogP contribution in [0.25, 0.3) is 0 Å². The van der Waals surface area contributed by atoms with Crippen molar-refractivity contribution in [3.63, 3.8) is 0 Å². The summed E-state index contributed by atoms with van der Waals surface area (Å²) >= 11 is 0. The third-order valence-corrected chi connectivity index (χ3v) is 3.63. The second-order valence-electron chi connectivity index (χ2n) is 4.78. The summed E-state index contributed by atoms with van der Waals surface area (Å²) in [5.74, 6) is 1.01. The molecule has 5 nitrogen and oxygen atoms in total. The van der Waals surface area contributed by atoms with Gasteiger partial charge in [-0.25, -0.2) is 9.97 Å². The zero-order valence-corrected chi connectivity index (χ0v) is 11.0. The van der Waals surface area contributed by atoms with Crippen molar-refractivity contribution in [3.05, 3.63) is 47.9 Å². The molecule has 0 amide bonds. The molecule has 2 aromatic rings. The minimum absolute atomic E-state index is 0.357. The highest BCUT2D eigenvalue weighted by Crippen LogP contribution is 2.41. The molecule has 0 bridgehead atoms. The van der Waals surface area contributed by atoms with Crippen LogP contribution in [0.3, 0.4) is 0 Å². The summed E-state index contributed by atoms with van der Waals surface area (Å²) < 4.78 is 0. The number of hydrogen-bond acceptors (Lipinski definition) is 5. The van der Waals surface area contributed by atoms with Gasteiger partial charge in [0, 0.05) is 30.5 Å². The molecular weight excluding hydrogens is 250 g/mol. The number of nitrogens with zero attached hydrogens (tertiary/aromatic N) is 4. The molecule has 0 aliphatic carbocycles. The SMILES string of the molecule is N#Cc1nccnc1N1CC(CCN)c2ccccc21. The van der Waals surface area contributed by atoms with Crippen molar-refractivity contribution in [1.82, 2.24) is 9.97 Å². The van der Waals surface area contributed by atoms with Gasteiger partial charge in [0.05, 0.1) is 0 Å². The van der Waals surface area contributed by atoms with E-state index < -0.39 is 0 Å². The highest BCUT2D eigenvalue weighted by atomic mass is 15.2. The lowest BCUT2D eigenvalue weighted by Crippen LogP contribution is -2.19. The minimum atomic E-state index is 0.357. The Kier molecular flexibility index (Phi) is 3.32. The molecule has 5 heteroatoms. The van der Waals surface area contributed by atoms with E-state index in [0.717, 1.165) is 18.7 Å². The summed E-state index contributed by atoms with van der Waals surface area (Å²) in [5, 5.41) is 9.20. The van der Waals surface area contributed by atoms with Gasteiger partial charge < -0.3 is 10.6 Å². The summed E-state index contributed by atoms with van der Waals surface area (Å²) in [7, 11) is 0. The Balaban J connectivity index is 2.06. The van der Waals surface area contributed by atoms with Crippen molar-refractivity contribution < 1.29 is 0 Å². The molecule has 100 valence electrons.